The zero-order valence-electron chi connectivity index (χ0n) is 15.8. The van der Waals surface area contributed by atoms with E-state index in [0.717, 1.165) is 42.1 Å². The first-order valence-electron chi connectivity index (χ1n) is 9.40. The quantitative estimate of drug-likeness (QED) is 0.698. The van der Waals surface area contributed by atoms with Crippen LogP contribution in [0.2, 0.25) is 0 Å². The van der Waals surface area contributed by atoms with Crippen molar-refractivity contribution >= 4 is 5.91 Å². The van der Waals surface area contributed by atoms with Crippen molar-refractivity contribution in [1.29, 1.82) is 0 Å². The number of benzene rings is 1. The molecule has 0 aliphatic carbocycles. The molecule has 142 valence electrons. The summed E-state index contributed by atoms with van der Waals surface area (Å²) in [6.07, 6.45) is 8.83. The number of nitrogens with zero attached hydrogens (tertiary/aromatic N) is 4. The summed E-state index contributed by atoms with van der Waals surface area (Å²) in [5, 5.41) is 0. The highest BCUT2D eigenvalue weighted by Gasteiger charge is 2.26. The Balaban J connectivity index is 1.55. The molecule has 6 heteroatoms. The van der Waals surface area contributed by atoms with Gasteiger partial charge >= 0.3 is 0 Å². The normalized spacial score (nSPS) is 16.6. The molecule has 3 aromatic rings. The molecule has 0 saturated carbocycles. The first-order chi connectivity index (χ1) is 13.7. The molecule has 3 heterocycles. The van der Waals surface area contributed by atoms with Crippen LogP contribution in [0.15, 0.2) is 61.2 Å². The Morgan fingerprint density at radius 2 is 2.00 bits per heavy atom. The standard InChI is InChI=1S/C22H22N4O2/c1-28-19-6-2-4-17(12-19)20-13-24-14-21(25-20)18-5-3-11-26(15-18)22(27)16-7-9-23-10-8-16/h2,4,6-10,12-14,18H,3,5,11,15H2,1H3/t18-/m0/s1. The van der Waals surface area contributed by atoms with Crippen molar-refractivity contribution in [3.05, 3.63) is 72.4 Å². The largest absolute Gasteiger partial charge is 0.497 e. The van der Waals surface area contributed by atoms with Crippen LogP contribution in [-0.2, 0) is 0 Å². The van der Waals surface area contributed by atoms with E-state index in [1.165, 1.54) is 0 Å². The number of methoxy groups -OCH3 is 1. The number of aromatic nitrogens is 3. The summed E-state index contributed by atoms with van der Waals surface area (Å²) in [4.78, 5) is 27.9. The van der Waals surface area contributed by atoms with E-state index in [1.807, 2.05) is 35.4 Å². The van der Waals surface area contributed by atoms with Gasteiger partial charge in [-0.25, -0.2) is 4.98 Å². The van der Waals surface area contributed by atoms with Crippen LogP contribution in [0.4, 0.5) is 0 Å². The van der Waals surface area contributed by atoms with Crippen LogP contribution in [0.25, 0.3) is 11.3 Å². The predicted octanol–water partition coefficient (Wildman–Crippen LogP) is 3.57. The summed E-state index contributed by atoms with van der Waals surface area (Å²) in [5.74, 6) is 1.01. The minimum atomic E-state index is 0.0454. The zero-order chi connectivity index (χ0) is 19.3. The number of rotatable bonds is 4. The van der Waals surface area contributed by atoms with Gasteiger partial charge in [-0.05, 0) is 37.1 Å². The highest BCUT2D eigenvalue weighted by atomic mass is 16.5. The smallest absolute Gasteiger partial charge is 0.253 e. The Bertz CT molecular complexity index is 962. The summed E-state index contributed by atoms with van der Waals surface area (Å²) >= 11 is 0. The lowest BCUT2D eigenvalue weighted by atomic mass is 9.94. The molecule has 6 nitrogen and oxygen atoms in total. The molecule has 4 rings (SSSR count). The van der Waals surface area contributed by atoms with Crippen molar-refractivity contribution in [2.45, 2.75) is 18.8 Å². The maximum Gasteiger partial charge on any atom is 0.253 e. The number of hydrogen-bond donors (Lipinski definition) is 0. The molecule has 1 aromatic carbocycles. The lowest BCUT2D eigenvalue weighted by Gasteiger charge is -2.32. The minimum absolute atomic E-state index is 0.0454. The molecular formula is C22H22N4O2. The van der Waals surface area contributed by atoms with Crippen molar-refractivity contribution in [1.82, 2.24) is 19.9 Å². The molecule has 0 bridgehead atoms. The number of pyridine rings is 1. The lowest BCUT2D eigenvalue weighted by molar-refractivity contribution is 0.0705. The number of likely N-dealkylation sites (tertiary alicyclic amines) is 1. The summed E-state index contributed by atoms with van der Waals surface area (Å²) in [6, 6.07) is 11.3. The third-order valence-corrected chi connectivity index (χ3v) is 5.07. The highest BCUT2D eigenvalue weighted by molar-refractivity contribution is 5.94. The first-order valence-corrected chi connectivity index (χ1v) is 9.40. The molecule has 28 heavy (non-hydrogen) atoms. The fourth-order valence-corrected chi connectivity index (χ4v) is 3.58. The van der Waals surface area contributed by atoms with Crippen LogP contribution in [0.1, 0.15) is 34.8 Å². The third kappa shape index (κ3) is 3.86. The Kier molecular flexibility index (Phi) is 5.28. The van der Waals surface area contributed by atoms with Gasteiger partial charge in [0.1, 0.15) is 5.75 Å². The molecule has 1 aliphatic rings. The summed E-state index contributed by atoms with van der Waals surface area (Å²) in [5.41, 5.74) is 3.38. The molecule has 1 saturated heterocycles. The molecule has 1 atom stereocenters. The van der Waals surface area contributed by atoms with Gasteiger partial charge in [0.05, 0.1) is 24.7 Å². The second-order valence-electron chi connectivity index (χ2n) is 6.89. The van der Waals surface area contributed by atoms with Gasteiger partial charge in [-0.3, -0.25) is 14.8 Å². The van der Waals surface area contributed by atoms with Crippen molar-refractivity contribution in [2.24, 2.45) is 0 Å². The van der Waals surface area contributed by atoms with Gasteiger partial charge in [0.25, 0.3) is 5.91 Å². The Morgan fingerprint density at radius 1 is 1.14 bits per heavy atom. The third-order valence-electron chi connectivity index (χ3n) is 5.07. The first kappa shape index (κ1) is 18.1. The van der Waals surface area contributed by atoms with Crippen molar-refractivity contribution in [3.8, 4) is 17.0 Å². The van der Waals surface area contributed by atoms with Crippen LogP contribution in [0.5, 0.6) is 5.75 Å². The van der Waals surface area contributed by atoms with Gasteiger partial charge < -0.3 is 9.64 Å². The van der Waals surface area contributed by atoms with Gasteiger partial charge in [-0.15, -0.1) is 0 Å². The minimum Gasteiger partial charge on any atom is -0.497 e. The average molecular weight is 374 g/mol. The number of ether oxygens (including phenoxy) is 1. The number of carbonyl (C=O) groups excluding carboxylic acids is 1. The van der Waals surface area contributed by atoms with E-state index in [2.05, 4.69) is 9.97 Å². The van der Waals surface area contributed by atoms with Gasteiger partial charge in [0.2, 0.25) is 0 Å². The van der Waals surface area contributed by atoms with E-state index >= 15 is 0 Å². The second-order valence-corrected chi connectivity index (χ2v) is 6.89. The molecule has 0 N–H and O–H groups in total. The molecule has 1 fully saturated rings. The maximum absolute atomic E-state index is 12.8. The number of amides is 1. The fourth-order valence-electron chi connectivity index (χ4n) is 3.58. The molecule has 0 spiro atoms. The van der Waals surface area contributed by atoms with E-state index in [9.17, 15) is 4.79 Å². The van der Waals surface area contributed by atoms with Gasteiger partial charge in [-0.2, -0.15) is 0 Å². The number of hydrogen-bond acceptors (Lipinski definition) is 5. The molecule has 2 aromatic heterocycles. The van der Waals surface area contributed by atoms with Crippen molar-refractivity contribution in [2.75, 3.05) is 20.2 Å². The second kappa shape index (κ2) is 8.17. The van der Waals surface area contributed by atoms with Crippen molar-refractivity contribution in [3.63, 3.8) is 0 Å². The Hall–Kier alpha value is -3.28. The van der Waals surface area contributed by atoms with E-state index in [0.29, 0.717) is 12.1 Å². The molecule has 0 radical (unpaired) electrons. The van der Waals surface area contributed by atoms with E-state index < -0.39 is 0 Å². The topological polar surface area (TPSA) is 68.2 Å². The summed E-state index contributed by atoms with van der Waals surface area (Å²) in [6.45, 7) is 1.41. The van der Waals surface area contributed by atoms with Crippen LogP contribution < -0.4 is 4.74 Å². The van der Waals surface area contributed by atoms with Crippen LogP contribution >= 0.6 is 0 Å². The van der Waals surface area contributed by atoms with E-state index in [4.69, 9.17) is 9.72 Å². The SMILES string of the molecule is COc1cccc(-c2cncc([C@H]3CCCN(C(=O)c4ccncc4)C3)n2)c1. The predicted molar refractivity (Wildman–Crippen MR) is 106 cm³/mol. The summed E-state index contributed by atoms with van der Waals surface area (Å²) < 4.78 is 5.31. The van der Waals surface area contributed by atoms with E-state index in [1.54, 1.807) is 37.8 Å². The van der Waals surface area contributed by atoms with Crippen LogP contribution in [0.3, 0.4) is 0 Å². The van der Waals surface area contributed by atoms with Crippen LogP contribution in [-0.4, -0.2) is 46.0 Å². The molecule has 1 amide bonds. The molecule has 1 aliphatic heterocycles. The number of carbonyl (C=O) groups is 1. The monoisotopic (exact) mass is 374 g/mol. The van der Waals surface area contributed by atoms with Crippen molar-refractivity contribution < 1.29 is 9.53 Å². The van der Waals surface area contributed by atoms with Gasteiger partial charge in [0, 0.05) is 48.7 Å². The fraction of sp³-hybridized carbons (Fsp3) is 0.273. The highest BCUT2D eigenvalue weighted by Crippen LogP contribution is 2.28. The number of piperidine rings is 1. The van der Waals surface area contributed by atoms with Gasteiger partial charge in [0.15, 0.2) is 0 Å². The van der Waals surface area contributed by atoms with Crippen LogP contribution in [0, 0.1) is 0 Å². The van der Waals surface area contributed by atoms with E-state index in [-0.39, 0.29) is 11.8 Å². The summed E-state index contributed by atoms with van der Waals surface area (Å²) in [7, 11) is 1.65. The maximum atomic E-state index is 12.8. The molecule has 0 unspecified atom stereocenters. The average Bonchev–Trinajstić information content (AvgIpc) is 2.79. The molecular weight excluding hydrogens is 352 g/mol. The Labute approximate surface area is 164 Å². The van der Waals surface area contributed by atoms with Gasteiger partial charge in [-0.1, -0.05) is 12.1 Å². The zero-order valence-corrected chi connectivity index (χ0v) is 15.8. The Morgan fingerprint density at radius 3 is 2.82 bits per heavy atom. The lowest BCUT2D eigenvalue weighted by Crippen LogP contribution is -2.39.